The van der Waals surface area contributed by atoms with Crippen molar-refractivity contribution >= 4 is 34.1 Å². The highest BCUT2D eigenvalue weighted by Crippen LogP contribution is 2.47. The summed E-state index contributed by atoms with van der Waals surface area (Å²) in [4.78, 5) is 19.9. The average Bonchev–Trinajstić information content (AvgIpc) is 3.18. The first-order valence-corrected chi connectivity index (χ1v) is 9.49. The summed E-state index contributed by atoms with van der Waals surface area (Å²) in [6.45, 7) is 0. The molecule has 2 aliphatic heterocycles. The van der Waals surface area contributed by atoms with E-state index in [1.165, 1.54) is 12.0 Å². The number of methoxy groups -OCH3 is 1. The van der Waals surface area contributed by atoms with Gasteiger partial charge in [-0.15, -0.1) is 0 Å². The number of para-hydroxylation sites is 2. The number of carbonyl (C=O) groups is 1. The quantitative estimate of drug-likeness (QED) is 0.655. The van der Waals surface area contributed by atoms with Crippen LogP contribution in [-0.2, 0) is 11.2 Å². The second-order valence-electron chi connectivity index (χ2n) is 7.17. The highest BCUT2D eigenvalue weighted by Gasteiger charge is 2.49. The smallest absolute Gasteiger partial charge is 0.251 e. The molecular formula is C21H19N3O3S. The number of phenolic OH excluding ortho intramolecular Hbond substituents is 1. The fraction of sp³-hybridized carbons (Fsp3) is 0.238. The predicted octanol–water partition coefficient (Wildman–Crippen LogP) is 2.96. The molecule has 3 aromatic rings. The summed E-state index contributed by atoms with van der Waals surface area (Å²) in [5.41, 5.74) is 3.71. The van der Waals surface area contributed by atoms with Crippen molar-refractivity contribution in [1.82, 2.24) is 14.8 Å². The lowest BCUT2D eigenvalue weighted by Gasteiger charge is -2.37. The predicted molar refractivity (Wildman–Crippen MR) is 109 cm³/mol. The van der Waals surface area contributed by atoms with Gasteiger partial charge in [-0.3, -0.25) is 9.69 Å². The number of aromatic amines is 1. The normalized spacial score (nSPS) is 21.2. The molecule has 142 valence electrons. The summed E-state index contributed by atoms with van der Waals surface area (Å²) in [7, 11) is 3.23. The molecule has 2 N–H and O–H groups in total. The van der Waals surface area contributed by atoms with Crippen LogP contribution in [0.15, 0.2) is 42.5 Å². The Morgan fingerprint density at radius 1 is 1.21 bits per heavy atom. The van der Waals surface area contributed by atoms with Gasteiger partial charge in [0.15, 0.2) is 16.6 Å². The minimum Gasteiger partial charge on any atom is -0.504 e. The van der Waals surface area contributed by atoms with Crippen LogP contribution in [0.5, 0.6) is 11.5 Å². The second kappa shape index (κ2) is 5.97. The van der Waals surface area contributed by atoms with Crippen molar-refractivity contribution < 1.29 is 14.6 Å². The van der Waals surface area contributed by atoms with E-state index in [2.05, 4.69) is 11.1 Å². The maximum absolute atomic E-state index is 12.9. The van der Waals surface area contributed by atoms with E-state index in [4.69, 9.17) is 17.0 Å². The van der Waals surface area contributed by atoms with Crippen LogP contribution in [0.3, 0.4) is 0 Å². The van der Waals surface area contributed by atoms with Crippen molar-refractivity contribution in [3.63, 3.8) is 0 Å². The largest absolute Gasteiger partial charge is 0.504 e. The Hall–Kier alpha value is -3.06. The molecule has 2 aromatic carbocycles. The van der Waals surface area contributed by atoms with Gasteiger partial charge in [0.25, 0.3) is 5.91 Å². The molecule has 28 heavy (non-hydrogen) atoms. The lowest BCUT2D eigenvalue weighted by molar-refractivity contribution is -0.127. The highest BCUT2D eigenvalue weighted by atomic mass is 32.1. The molecule has 1 fully saturated rings. The van der Waals surface area contributed by atoms with E-state index >= 15 is 0 Å². The summed E-state index contributed by atoms with van der Waals surface area (Å²) in [5.74, 6) is 0.431. The van der Waals surface area contributed by atoms with Crippen molar-refractivity contribution in [1.29, 1.82) is 0 Å². The summed E-state index contributed by atoms with van der Waals surface area (Å²) in [6, 6.07) is 12.7. The minimum atomic E-state index is -0.405. The van der Waals surface area contributed by atoms with Gasteiger partial charge < -0.3 is 19.7 Å². The third-order valence-electron chi connectivity index (χ3n) is 5.80. The van der Waals surface area contributed by atoms with E-state index in [9.17, 15) is 9.90 Å². The number of amides is 1. The van der Waals surface area contributed by atoms with Crippen LogP contribution in [0.1, 0.15) is 22.9 Å². The maximum Gasteiger partial charge on any atom is 0.251 e. The zero-order chi connectivity index (χ0) is 19.6. The van der Waals surface area contributed by atoms with Crippen molar-refractivity contribution in [2.75, 3.05) is 14.2 Å². The van der Waals surface area contributed by atoms with Crippen LogP contribution < -0.4 is 4.74 Å². The minimum absolute atomic E-state index is 0.0201. The number of ether oxygens (including phenoxy) is 1. The Bertz CT molecular complexity index is 1140. The number of aromatic hydroxyl groups is 1. The van der Waals surface area contributed by atoms with Crippen LogP contribution in [0.25, 0.3) is 10.9 Å². The average molecular weight is 393 g/mol. The number of aromatic nitrogens is 1. The zero-order valence-electron chi connectivity index (χ0n) is 15.5. The molecule has 6 nitrogen and oxygen atoms in total. The molecule has 0 aliphatic carbocycles. The van der Waals surface area contributed by atoms with Gasteiger partial charge in [0, 0.05) is 35.6 Å². The Morgan fingerprint density at radius 3 is 2.79 bits per heavy atom. The second-order valence-corrected chi connectivity index (χ2v) is 7.54. The highest BCUT2D eigenvalue weighted by molar-refractivity contribution is 7.80. The number of nitrogens with one attached hydrogen (secondary N) is 1. The van der Waals surface area contributed by atoms with Crippen LogP contribution in [0, 0.1) is 0 Å². The van der Waals surface area contributed by atoms with Crippen LogP contribution in [0.4, 0.5) is 0 Å². The Kier molecular flexibility index (Phi) is 3.64. The molecule has 0 saturated carbocycles. The van der Waals surface area contributed by atoms with Crippen molar-refractivity contribution in [2.45, 2.75) is 18.5 Å². The molecule has 0 unspecified atom stereocenters. The first-order valence-electron chi connectivity index (χ1n) is 9.08. The number of H-pyrrole nitrogens is 1. The van der Waals surface area contributed by atoms with Crippen molar-refractivity contribution in [3.8, 4) is 11.5 Å². The number of benzene rings is 2. The van der Waals surface area contributed by atoms with E-state index in [0.717, 1.165) is 22.2 Å². The summed E-state index contributed by atoms with van der Waals surface area (Å²) >= 11 is 5.61. The molecule has 0 bridgehead atoms. The number of hydrogen-bond donors (Lipinski definition) is 2. The van der Waals surface area contributed by atoms with Crippen LogP contribution in [0.2, 0.25) is 0 Å². The van der Waals surface area contributed by atoms with E-state index in [0.29, 0.717) is 22.8 Å². The van der Waals surface area contributed by atoms with Gasteiger partial charge in [0.05, 0.1) is 7.11 Å². The van der Waals surface area contributed by atoms with Crippen molar-refractivity contribution in [3.05, 3.63) is 59.3 Å². The zero-order valence-corrected chi connectivity index (χ0v) is 16.3. The van der Waals surface area contributed by atoms with E-state index in [1.807, 2.05) is 35.2 Å². The topological polar surface area (TPSA) is 68.8 Å². The molecule has 1 amide bonds. The molecule has 2 atom stereocenters. The molecule has 7 heteroatoms. The number of nitrogens with zero attached hydrogens (tertiary/aromatic N) is 2. The summed E-state index contributed by atoms with van der Waals surface area (Å²) in [5, 5.41) is 12.4. The fourth-order valence-electron chi connectivity index (χ4n) is 4.46. The van der Waals surface area contributed by atoms with Gasteiger partial charge in [0.2, 0.25) is 0 Å². The number of thiocarbonyl (C=S) groups is 1. The standard InChI is InChI=1S/C21H19N3O3S/c1-23-20(26)15-10-13-11-6-3-4-8-14(11)22-17(13)18(24(15)21(23)28)12-7-5-9-16(27-2)19(12)25/h3-9,15,18,22,25H,10H2,1-2H3/t15-,18+/m1/s1. The Labute approximate surface area is 167 Å². The van der Waals surface area contributed by atoms with E-state index in [-0.39, 0.29) is 17.7 Å². The number of phenols is 1. The number of fused-ring (bicyclic) bond motifs is 4. The van der Waals surface area contributed by atoms with Gasteiger partial charge >= 0.3 is 0 Å². The SMILES string of the molecule is COc1cccc([C@H]2c3[nH]c4ccccc4c3C[C@@H]3C(=O)N(C)C(=S)N23)c1O. The van der Waals surface area contributed by atoms with Gasteiger partial charge in [-0.25, -0.2) is 0 Å². The number of carbonyl (C=O) groups excluding carboxylic acids is 1. The van der Waals surface area contributed by atoms with E-state index < -0.39 is 6.04 Å². The molecule has 1 aromatic heterocycles. The van der Waals surface area contributed by atoms with Gasteiger partial charge in [0.1, 0.15) is 12.1 Å². The lowest BCUT2D eigenvalue weighted by Crippen LogP contribution is -2.44. The van der Waals surface area contributed by atoms with Gasteiger partial charge in [-0.1, -0.05) is 30.3 Å². The number of rotatable bonds is 2. The number of likely N-dealkylation sites (N-methyl/N-ethyl adjacent to an activating group) is 1. The maximum atomic E-state index is 12.9. The number of hydrogen-bond acceptors (Lipinski definition) is 4. The Morgan fingerprint density at radius 2 is 2.00 bits per heavy atom. The third-order valence-corrected chi connectivity index (χ3v) is 6.28. The molecule has 0 radical (unpaired) electrons. The molecule has 3 heterocycles. The third kappa shape index (κ3) is 2.13. The monoisotopic (exact) mass is 393 g/mol. The van der Waals surface area contributed by atoms with Crippen LogP contribution in [-0.4, -0.2) is 51.1 Å². The lowest BCUT2D eigenvalue weighted by atomic mass is 9.88. The van der Waals surface area contributed by atoms with Crippen molar-refractivity contribution in [2.24, 2.45) is 0 Å². The first kappa shape index (κ1) is 17.1. The first-order chi connectivity index (χ1) is 13.5. The molecular weight excluding hydrogens is 374 g/mol. The van der Waals surface area contributed by atoms with Gasteiger partial charge in [-0.2, -0.15) is 0 Å². The molecule has 0 spiro atoms. The molecule has 1 saturated heterocycles. The Balaban J connectivity index is 1.80. The summed E-state index contributed by atoms with van der Waals surface area (Å²) < 4.78 is 5.31. The molecule has 5 rings (SSSR count). The molecule has 2 aliphatic rings. The van der Waals surface area contributed by atoms with Crippen LogP contribution >= 0.6 is 12.2 Å². The fourth-order valence-corrected chi connectivity index (χ4v) is 4.78. The van der Waals surface area contributed by atoms with E-state index in [1.54, 1.807) is 13.1 Å². The summed E-state index contributed by atoms with van der Waals surface area (Å²) in [6.07, 6.45) is 0.573. The van der Waals surface area contributed by atoms with Gasteiger partial charge in [-0.05, 0) is 29.9 Å².